The van der Waals surface area contributed by atoms with Gasteiger partial charge in [-0.1, -0.05) is 6.92 Å². The van der Waals surface area contributed by atoms with Gasteiger partial charge in [0.25, 0.3) is 0 Å². The van der Waals surface area contributed by atoms with Crippen LogP contribution >= 0.6 is 22.9 Å². The zero-order chi connectivity index (χ0) is 14.7. The molecule has 21 heavy (non-hydrogen) atoms. The largest absolute Gasteiger partial charge is 0.354 e. The van der Waals surface area contributed by atoms with E-state index in [1.54, 1.807) is 11.3 Å². The maximum atomic E-state index is 5.92. The van der Waals surface area contributed by atoms with E-state index in [1.807, 2.05) is 23.7 Å². The summed E-state index contributed by atoms with van der Waals surface area (Å²) in [4.78, 5) is 16.7. The number of fused-ring (bicyclic) bond motifs is 1. The molecule has 0 atom stereocenters. The minimum Gasteiger partial charge on any atom is -0.354 e. The molecule has 0 aliphatic carbocycles. The van der Waals surface area contributed by atoms with Crippen LogP contribution < -0.4 is 10.6 Å². The van der Waals surface area contributed by atoms with Gasteiger partial charge in [0.15, 0.2) is 0 Å². The number of nitrogens with zero attached hydrogens (tertiary/aromatic N) is 4. The first kappa shape index (κ1) is 14.0. The zero-order valence-corrected chi connectivity index (χ0v) is 12.9. The van der Waals surface area contributed by atoms with Gasteiger partial charge in [-0.3, -0.25) is 0 Å². The van der Waals surface area contributed by atoms with Crippen molar-refractivity contribution in [2.24, 2.45) is 0 Å². The van der Waals surface area contributed by atoms with Crippen LogP contribution in [0.3, 0.4) is 0 Å². The Morgan fingerprint density at radius 2 is 2.05 bits per heavy atom. The number of hydrogen-bond acceptors (Lipinski definition) is 7. The molecule has 2 aromatic heterocycles. The number of rotatable bonds is 5. The van der Waals surface area contributed by atoms with Crippen molar-refractivity contribution >= 4 is 50.7 Å². The molecule has 108 valence electrons. The highest BCUT2D eigenvalue weighted by molar-refractivity contribution is 7.16. The summed E-state index contributed by atoms with van der Waals surface area (Å²) in [6.07, 6.45) is 0.980. The smallest absolute Gasteiger partial charge is 0.233 e. The predicted octanol–water partition coefficient (Wildman–Crippen LogP) is 3.70. The Labute approximate surface area is 130 Å². The van der Waals surface area contributed by atoms with Crippen molar-refractivity contribution in [1.29, 1.82) is 0 Å². The fraction of sp³-hybridized carbons (Fsp3) is 0.231. The van der Waals surface area contributed by atoms with Gasteiger partial charge in [-0.15, -0.1) is 11.3 Å². The molecule has 0 aliphatic rings. The van der Waals surface area contributed by atoms with E-state index in [0.717, 1.165) is 28.9 Å². The van der Waals surface area contributed by atoms with Crippen LogP contribution in [-0.2, 0) is 0 Å². The van der Waals surface area contributed by atoms with Crippen molar-refractivity contribution < 1.29 is 0 Å². The third-order valence-corrected chi connectivity index (χ3v) is 3.69. The van der Waals surface area contributed by atoms with Crippen molar-refractivity contribution in [2.75, 3.05) is 17.2 Å². The van der Waals surface area contributed by atoms with Crippen molar-refractivity contribution in [3.63, 3.8) is 0 Å². The molecule has 6 nitrogen and oxygen atoms in total. The quantitative estimate of drug-likeness (QED) is 0.746. The summed E-state index contributed by atoms with van der Waals surface area (Å²) in [5, 5.41) is 6.39. The van der Waals surface area contributed by atoms with Crippen molar-refractivity contribution in [3.05, 3.63) is 29.0 Å². The van der Waals surface area contributed by atoms with Gasteiger partial charge in [0.05, 0.1) is 15.7 Å². The van der Waals surface area contributed by atoms with E-state index in [-0.39, 0.29) is 5.28 Å². The fourth-order valence-corrected chi connectivity index (χ4v) is 2.66. The zero-order valence-electron chi connectivity index (χ0n) is 11.3. The predicted molar refractivity (Wildman–Crippen MR) is 86.5 cm³/mol. The summed E-state index contributed by atoms with van der Waals surface area (Å²) in [6.45, 7) is 2.85. The van der Waals surface area contributed by atoms with Gasteiger partial charge in [-0.05, 0) is 36.2 Å². The highest BCUT2D eigenvalue weighted by atomic mass is 35.5. The van der Waals surface area contributed by atoms with Gasteiger partial charge in [-0.25, -0.2) is 4.98 Å². The summed E-state index contributed by atoms with van der Waals surface area (Å²) in [5.74, 6) is 0.885. The average Bonchev–Trinajstić information content (AvgIpc) is 2.92. The Bertz CT molecular complexity index is 759. The second-order valence-corrected chi connectivity index (χ2v) is 5.56. The highest BCUT2D eigenvalue weighted by Crippen LogP contribution is 2.23. The molecular formula is C13H13ClN6S. The van der Waals surface area contributed by atoms with E-state index in [2.05, 4.69) is 37.5 Å². The van der Waals surface area contributed by atoms with Gasteiger partial charge in [0.1, 0.15) is 0 Å². The number of anilines is 3. The lowest BCUT2D eigenvalue weighted by molar-refractivity contribution is 0.940. The van der Waals surface area contributed by atoms with E-state index in [0.29, 0.717) is 11.9 Å². The van der Waals surface area contributed by atoms with Gasteiger partial charge >= 0.3 is 0 Å². The minimum atomic E-state index is 0.157. The van der Waals surface area contributed by atoms with E-state index in [4.69, 9.17) is 11.6 Å². The molecule has 0 saturated heterocycles. The van der Waals surface area contributed by atoms with Crippen LogP contribution in [0.1, 0.15) is 13.3 Å². The fourth-order valence-electron chi connectivity index (χ4n) is 1.78. The van der Waals surface area contributed by atoms with Gasteiger partial charge < -0.3 is 10.6 Å². The molecule has 1 aromatic carbocycles. The summed E-state index contributed by atoms with van der Waals surface area (Å²) in [7, 11) is 0. The van der Waals surface area contributed by atoms with E-state index < -0.39 is 0 Å². The SMILES string of the molecule is CCCNc1nc(Cl)nc(Nc2ccc3ncsc3c2)n1. The first-order chi connectivity index (χ1) is 10.2. The van der Waals surface area contributed by atoms with Crippen molar-refractivity contribution in [2.45, 2.75) is 13.3 Å². The standard InChI is InChI=1S/C13H13ClN6S/c1-2-5-15-12-18-11(14)19-13(20-12)17-8-3-4-9-10(6-8)21-7-16-9/h3-4,6-7H,2,5H2,1H3,(H2,15,17,18,19,20). The molecule has 0 aliphatic heterocycles. The first-order valence-electron chi connectivity index (χ1n) is 6.50. The number of benzene rings is 1. The molecule has 2 heterocycles. The summed E-state index contributed by atoms with van der Waals surface area (Å²) < 4.78 is 1.10. The second kappa shape index (κ2) is 6.19. The van der Waals surface area contributed by atoms with Gasteiger partial charge in [-0.2, -0.15) is 15.0 Å². The lowest BCUT2D eigenvalue weighted by atomic mass is 10.3. The van der Waals surface area contributed by atoms with Crippen LogP contribution in [0.2, 0.25) is 5.28 Å². The van der Waals surface area contributed by atoms with E-state index in [9.17, 15) is 0 Å². The Morgan fingerprint density at radius 3 is 2.90 bits per heavy atom. The van der Waals surface area contributed by atoms with Gasteiger partial charge in [0.2, 0.25) is 17.2 Å². The molecule has 0 bridgehead atoms. The molecule has 3 rings (SSSR count). The third-order valence-electron chi connectivity index (χ3n) is 2.73. The Balaban J connectivity index is 1.84. The highest BCUT2D eigenvalue weighted by Gasteiger charge is 2.06. The number of hydrogen-bond donors (Lipinski definition) is 2. The number of halogens is 1. The number of thiazole rings is 1. The minimum absolute atomic E-state index is 0.157. The summed E-state index contributed by atoms with van der Waals surface area (Å²) in [5.41, 5.74) is 3.68. The second-order valence-electron chi connectivity index (χ2n) is 4.34. The molecule has 0 fully saturated rings. The average molecular weight is 321 g/mol. The van der Waals surface area contributed by atoms with Crippen molar-refractivity contribution in [3.8, 4) is 0 Å². The van der Waals surface area contributed by atoms with Crippen LogP contribution in [0.4, 0.5) is 17.6 Å². The molecule has 0 spiro atoms. The molecular weight excluding hydrogens is 308 g/mol. The van der Waals surface area contributed by atoms with Crippen LogP contribution in [0.25, 0.3) is 10.2 Å². The van der Waals surface area contributed by atoms with E-state index in [1.165, 1.54) is 0 Å². The van der Waals surface area contributed by atoms with Gasteiger partial charge in [0, 0.05) is 12.2 Å². The Morgan fingerprint density at radius 1 is 1.19 bits per heavy atom. The molecule has 2 N–H and O–H groups in total. The number of aromatic nitrogens is 4. The first-order valence-corrected chi connectivity index (χ1v) is 7.76. The Hall–Kier alpha value is -1.99. The molecule has 0 amide bonds. The van der Waals surface area contributed by atoms with Crippen LogP contribution in [0.15, 0.2) is 23.7 Å². The molecule has 3 aromatic rings. The number of nitrogens with one attached hydrogen (secondary N) is 2. The summed E-state index contributed by atoms with van der Waals surface area (Å²) in [6, 6.07) is 5.88. The Kier molecular flexibility index (Phi) is 4.12. The topological polar surface area (TPSA) is 75.6 Å². The van der Waals surface area contributed by atoms with Crippen LogP contribution in [0.5, 0.6) is 0 Å². The van der Waals surface area contributed by atoms with Crippen molar-refractivity contribution in [1.82, 2.24) is 19.9 Å². The maximum Gasteiger partial charge on any atom is 0.233 e. The lowest BCUT2D eigenvalue weighted by Crippen LogP contribution is -2.07. The lowest BCUT2D eigenvalue weighted by Gasteiger charge is -2.07. The molecule has 0 unspecified atom stereocenters. The summed E-state index contributed by atoms with van der Waals surface area (Å²) >= 11 is 7.51. The molecule has 8 heteroatoms. The van der Waals surface area contributed by atoms with E-state index >= 15 is 0 Å². The molecule has 0 saturated carbocycles. The maximum absolute atomic E-state index is 5.92. The van der Waals surface area contributed by atoms with Crippen LogP contribution in [0, 0.1) is 0 Å². The third kappa shape index (κ3) is 3.37. The monoisotopic (exact) mass is 320 g/mol. The molecule has 0 radical (unpaired) electrons. The van der Waals surface area contributed by atoms with Crippen LogP contribution in [-0.4, -0.2) is 26.5 Å². The normalized spacial score (nSPS) is 10.8.